The van der Waals surface area contributed by atoms with Crippen molar-refractivity contribution in [2.24, 2.45) is 11.1 Å². The fourth-order valence-electron chi connectivity index (χ4n) is 2.74. The van der Waals surface area contributed by atoms with E-state index in [1.807, 2.05) is 0 Å². The zero-order valence-electron chi connectivity index (χ0n) is 11.6. The van der Waals surface area contributed by atoms with Gasteiger partial charge < -0.3 is 10.5 Å². The largest absolute Gasteiger partial charge is 0.381 e. The molecule has 1 aliphatic heterocycles. The summed E-state index contributed by atoms with van der Waals surface area (Å²) in [5.41, 5.74) is 7.19. The summed E-state index contributed by atoms with van der Waals surface area (Å²) >= 11 is 0. The summed E-state index contributed by atoms with van der Waals surface area (Å²) in [7, 11) is 0. The lowest BCUT2D eigenvalue weighted by Crippen LogP contribution is -2.33. The van der Waals surface area contributed by atoms with Crippen LogP contribution in [0.15, 0.2) is 12.3 Å². The van der Waals surface area contributed by atoms with Gasteiger partial charge in [-0.1, -0.05) is 13.8 Å². The third-order valence-corrected chi connectivity index (χ3v) is 4.15. The molecule has 1 unspecified atom stereocenters. The molecule has 1 fully saturated rings. The Morgan fingerprint density at radius 2 is 2.28 bits per heavy atom. The van der Waals surface area contributed by atoms with Crippen LogP contribution in [0.3, 0.4) is 0 Å². The van der Waals surface area contributed by atoms with Gasteiger partial charge in [0.15, 0.2) is 0 Å². The predicted molar refractivity (Wildman–Crippen MR) is 72.5 cm³/mol. The monoisotopic (exact) mass is 251 g/mol. The van der Waals surface area contributed by atoms with Crippen molar-refractivity contribution in [2.45, 2.75) is 45.6 Å². The van der Waals surface area contributed by atoms with Gasteiger partial charge in [-0.2, -0.15) is 5.10 Å². The van der Waals surface area contributed by atoms with Crippen molar-refractivity contribution in [1.29, 1.82) is 0 Å². The number of hydrogen-bond donors (Lipinski definition) is 1. The maximum absolute atomic E-state index is 5.92. The molecule has 1 aromatic heterocycles. The fourth-order valence-corrected chi connectivity index (χ4v) is 2.74. The van der Waals surface area contributed by atoms with Gasteiger partial charge in [0.2, 0.25) is 0 Å². The van der Waals surface area contributed by atoms with Gasteiger partial charge >= 0.3 is 0 Å². The van der Waals surface area contributed by atoms with E-state index in [0.717, 1.165) is 44.6 Å². The highest BCUT2D eigenvalue weighted by Gasteiger charge is 2.34. The van der Waals surface area contributed by atoms with Crippen LogP contribution in [0.5, 0.6) is 0 Å². The van der Waals surface area contributed by atoms with E-state index in [4.69, 9.17) is 15.6 Å². The molecular weight excluding hydrogens is 226 g/mol. The molecule has 0 aromatic carbocycles. The smallest absolute Gasteiger partial charge is 0.0631 e. The van der Waals surface area contributed by atoms with E-state index in [1.54, 1.807) is 0 Å². The zero-order chi connectivity index (χ0) is 13.0. The Kier molecular flexibility index (Phi) is 4.40. The molecule has 1 aromatic rings. The Morgan fingerprint density at radius 3 is 2.83 bits per heavy atom. The second-order valence-electron chi connectivity index (χ2n) is 5.44. The van der Waals surface area contributed by atoms with E-state index < -0.39 is 0 Å². The Labute approximate surface area is 110 Å². The minimum absolute atomic E-state index is 0.118. The van der Waals surface area contributed by atoms with Crippen LogP contribution in [0.4, 0.5) is 0 Å². The third kappa shape index (κ3) is 2.75. The van der Waals surface area contributed by atoms with Gasteiger partial charge in [0.1, 0.15) is 0 Å². The SMILES string of the molecule is CCC(CC)n1ccc(CC2(CN)CCOC2)n1. The molecule has 2 N–H and O–H groups in total. The quantitative estimate of drug-likeness (QED) is 0.843. The second-order valence-corrected chi connectivity index (χ2v) is 5.44. The lowest BCUT2D eigenvalue weighted by Gasteiger charge is -2.24. The molecule has 0 bridgehead atoms. The maximum atomic E-state index is 5.92. The Bertz CT molecular complexity index is 365. The van der Waals surface area contributed by atoms with Crippen molar-refractivity contribution in [3.05, 3.63) is 18.0 Å². The van der Waals surface area contributed by atoms with Crippen molar-refractivity contribution in [3.63, 3.8) is 0 Å². The van der Waals surface area contributed by atoms with Crippen LogP contribution < -0.4 is 5.73 Å². The molecule has 0 amide bonds. The highest BCUT2D eigenvalue weighted by molar-refractivity contribution is 5.05. The highest BCUT2D eigenvalue weighted by atomic mass is 16.5. The van der Waals surface area contributed by atoms with E-state index in [0.29, 0.717) is 12.6 Å². The molecule has 1 aliphatic rings. The van der Waals surface area contributed by atoms with Crippen LogP contribution >= 0.6 is 0 Å². The summed E-state index contributed by atoms with van der Waals surface area (Å²) in [6, 6.07) is 2.65. The summed E-state index contributed by atoms with van der Waals surface area (Å²) in [5.74, 6) is 0. The first-order valence-electron chi connectivity index (χ1n) is 7.05. The van der Waals surface area contributed by atoms with Crippen molar-refractivity contribution < 1.29 is 4.74 Å². The van der Waals surface area contributed by atoms with Crippen LogP contribution in [0.1, 0.15) is 44.8 Å². The van der Waals surface area contributed by atoms with Crippen LogP contribution in [-0.2, 0) is 11.2 Å². The summed E-state index contributed by atoms with van der Waals surface area (Å²) in [4.78, 5) is 0. The molecule has 1 atom stereocenters. The van der Waals surface area contributed by atoms with Crippen LogP contribution in [0.25, 0.3) is 0 Å². The number of rotatable bonds is 6. The number of nitrogens with two attached hydrogens (primary N) is 1. The number of ether oxygens (including phenoxy) is 1. The molecule has 0 aliphatic carbocycles. The van der Waals surface area contributed by atoms with Gasteiger partial charge in [-0.3, -0.25) is 4.68 Å². The molecule has 102 valence electrons. The van der Waals surface area contributed by atoms with Crippen molar-refractivity contribution >= 4 is 0 Å². The molecule has 4 nitrogen and oxygen atoms in total. The average molecular weight is 251 g/mol. The number of aromatic nitrogens is 2. The predicted octanol–water partition coefficient (Wildman–Crippen LogP) is 2.15. The standard InChI is InChI=1S/C14H25N3O/c1-3-13(4-2)17-7-5-12(16-17)9-14(10-15)6-8-18-11-14/h5,7,13H,3-4,6,8-11,15H2,1-2H3. The molecular formula is C14H25N3O. The van der Waals surface area contributed by atoms with Crippen LogP contribution in [-0.4, -0.2) is 29.5 Å². The van der Waals surface area contributed by atoms with E-state index in [2.05, 4.69) is 30.8 Å². The first-order chi connectivity index (χ1) is 8.73. The second kappa shape index (κ2) is 5.85. The lowest BCUT2D eigenvalue weighted by molar-refractivity contribution is 0.154. The van der Waals surface area contributed by atoms with Gasteiger partial charge in [-0.25, -0.2) is 0 Å². The molecule has 1 saturated heterocycles. The molecule has 0 saturated carbocycles. The molecule has 0 radical (unpaired) electrons. The van der Waals surface area contributed by atoms with Gasteiger partial charge in [-0.05, 0) is 25.3 Å². The summed E-state index contributed by atoms with van der Waals surface area (Å²) in [5, 5.41) is 4.71. The summed E-state index contributed by atoms with van der Waals surface area (Å²) in [6.07, 6.45) is 6.36. The third-order valence-electron chi connectivity index (χ3n) is 4.15. The maximum Gasteiger partial charge on any atom is 0.0631 e. The van der Waals surface area contributed by atoms with Crippen molar-refractivity contribution in [3.8, 4) is 0 Å². The van der Waals surface area contributed by atoms with Crippen LogP contribution in [0, 0.1) is 5.41 Å². The minimum Gasteiger partial charge on any atom is -0.381 e. The Hall–Kier alpha value is -0.870. The first kappa shape index (κ1) is 13.6. The molecule has 4 heteroatoms. The van der Waals surface area contributed by atoms with Crippen LogP contribution in [0.2, 0.25) is 0 Å². The minimum atomic E-state index is 0.118. The highest BCUT2D eigenvalue weighted by Crippen LogP contribution is 2.31. The molecule has 2 rings (SSSR count). The van der Waals surface area contributed by atoms with E-state index in [9.17, 15) is 0 Å². The first-order valence-corrected chi connectivity index (χ1v) is 7.05. The normalized spacial score (nSPS) is 24.0. The molecule has 0 spiro atoms. The Balaban J connectivity index is 2.06. The summed E-state index contributed by atoms with van der Waals surface area (Å²) < 4.78 is 7.61. The number of hydrogen-bond acceptors (Lipinski definition) is 3. The van der Waals surface area contributed by atoms with Crippen molar-refractivity contribution in [2.75, 3.05) is 19.8 Å². The molecule has 18 heavy (non-hydrogen) atoms. The van der Waals surface area contributed by atoms with Crippen molar-refractivity contribution in [1.82, 2.24) is 9.78 Å². The van der Waals surface area contributed by atoms with Gasteiger partial charge in [0.05, 0.1) is 18.3 Å². The van der Waals surface area contributed by atoms with E-state index in [1.165, 1.54) is 0 Å². The molecule has 2 heterocycles. The average Bonchev–Trinajstić information content (AvgIpc) is 3.02. The van der Waals surface area contributed by atoms with Gasteiger partial charge in [0.25, 0.3) is 0 Å². The van der Waals surface area contributed by atoms with Gasteiger partial charge in [0, 0.05) is 31.2 Å². The van der Waals surface area contributed by atoms with Gasteiger partial charge in [-0.15, -0.1) is 0 Å². The zero-order valence-corrected chi connectivity index (χ0v) is 11.6. The van der Waals surface area contributed by atoms with E-state index in [-0.39, 0.29) is 5.41 Å². The fraction of sp³-hybridized carbons (Fsp3) is 0.786. The Morgan fingerprint density at radius 1 is 1.50 bits per heavy atom. The summed E-state index contributed by atoms with van der Waals surface area (Å²) in [6.45, 7) is 6.72. The lowest BCUT2D eigenvalue weighted by atomic mass is 9.83. The topological polar surface area (TPSA) is 53.1 Å². The number of nitrogens with zero attached hydrogens (tertiary/aromatic N) is 2. The van der Waals surface area contributed by atoms with E-state index >= 15 is 0 Å².